The van der Waals surface area contributed by atoms with Crippen molar-refractivity contribution in [2.75, 3.05) is 11.9 Å². The van der Waals surface area contributed by atoms with E-state index in [1.54, 1.807) is 0 Å². The molecule has 0 bridgehead atoms. The molecule has 0 radical (unpaired) electrons. The molecule has 0 aliphatic carbocycles. The molecule has 0 saturated carbocycles. The quantitative estimate of drug-likeness (QED) is 0.418. The number of rotatable bonds is 6. The number of fused-ring (bicyclic) bond motifs is 1. The molecule has 1 atom stereocenters. The van der Waals surface area contributed by atoms with Crippen LogP contribution in [0.1, 0.15) is 37.9 Å². The third-order valence-electron chi connectivity index (χ3n) is 5.71. The van der Waals surface area contributed by atoms with E-state index >= 15 is 0 Å². The molecule has 33 heavy (non-hydrogen) atoms. The van der Waals surface area contributed by atoms with Crippen LogP contribution in [0.15, 0.2) is 71.9 Å². The normalized spacial score (nSPS) is 15.9. The number of aryl methyl sites for hydroxylation is 1. The second-order valence-corrected chi connectivity index (χ2v) is 9.15. The molecule has 0 spiro atoms. The number of hydrogen-bond acceptors (Lipinski definition) is 3. The largest absolute Gasteiger partial charge is 0.493 e. The average molecular weight is 460 g/mol. The van der Waals surface area contributed by atoms with Crippen LogP contribution in [0.3, 0.4) is 0 Å². The van der Waals surface area contributed by atoms with Crippen LogP contribution in [-0.4, -0.2) is 17.6 Å². The summed E-state index contributed by atoms with van der Waals surface area (Å²) in [5.41, 5.74) is 4.11. The number of carbonyl (C=O) groups is 1. The van der Waals surface area contributed by atoms with Crippen LogP contribution in [0.5, 0.6) is 5.75 Å². The Kier molecular flexibility index (Phi) is 6.65. The number of anilines is 1. The van der Waals surface area contributed by atoms with Crippen molar-refractivity contribution in [1.29, 1.82) is 0 Å². The molecule has 1 aliphatic heterocycles. The minimum atomic E-state index is -0.396. The summed E-state index contributed by atoms with van der Waals surface area (Å²) in [5, 5.41) is 12.0. The molecule has 3 N–H and O–H groups in total. The molecule has 1 aliphatic rings. The Hall–Kier alpha value is -3.38. The number of amides is 1. The molecule has 1 heterocycles. The first-order valence-corrected chi connectivity index (χ1v) is 11.6. The van der Waals surface area contributed by atoms with Crippen molar-refractivity contribution in [3.8, 4) is 5.75 Å². The minimum absolute atomic E-state index is 0.168. The van der Waals surface area contributed by atoms with E-state index in [0.29, 0.717) is 23.2 Å². The SMILES string of the molecule is CC1=C(C(=O)Nc2ccccc2C)[C@H](c2ccc(OCC(C)C)c3ccccc23)NC(=S)N1. The number of carbonyl (C=O) groups excluding carboxylic acids is 1. The Morgan fingerprint density at radius 3 is 2.45 bits per heavy atom. The molecule has 3 aromatic carbocycles. The van der Waals surface area contributed by atoms with Crippen molar-refractivity contribution in [3.05, 3.63) is 83.1 Å². The summed E-state index contributed by atoms with van der Waals surface area (Å²) in [6.45, 7) is 8.76. The lowest BCUT2D eigenvalue weighted by Gasteiger charge is -2.31. The number of nitrogens with one attached hydrogen (secondary N) is 3. The fourth-order valence-electron chi connectivity index (χ4n) is 4.06. The fourth-order valence-corrected chi connectivity index (χ4v) is 4.33. The molecule has 170 valence electrons. The Balaban J connectivity index is 1.77. The first-order chi connectivity index (χ1) is 15.8. The number of para-hydroxylation sites is 1. The van der Waals surface area contributed by atoms with Crippen molar-refractivity contribution in [2.45, 2.75) is 33.7 Å². The van der Waals surface area contributed by atoms with Gasteiger partial charge in [0, 0.05) is 16.8 Å². The van der Waals surface area contributed by atoms with Crippen molar-refractivity contribution < 1.29 is 9.53 Å². The smallest absolute Gasteiger partial charge is 0.255 e. The van der Waals surface area contributed by atoms with Gasteiger partial charge in [-0.2, -0.15) is 0 Å². The second kappa shape index (κ2) is 9.63. The van der Waals surface area contributed by atoms with Gasteiger partial charge in [0.1, 0.15) is 5.75 Å². The summed E-state index contributed by atoms with van der Waals surface area (Å²) in [5.74, 6) is 1.10. The van der Waals surface area contributed by atoms with Crippen LogP contribution in [-0.2, 0) is 4.79 Å². The highest BCUT2D eigenvalue weighted by atomic mass is 32.1. The summed E-state index contributed by atoms with van der Waals surface area (Å²) in [7, 11) is 0. The van der Waals surface area contributed by atoms with Gasteiger partial charge in [-0.15, -0.1) is 0 Å². The van der Waals surface area contributed by atoms with Crippen LogP contribution in [0, 0.1) is 12.8 Å². The summed E-state index contributed by atoms with van der Waals surface area (Å²) in [4.78, 5) is 13.5. The van der Waals surface area contributed by atoms with Crippen molar-refractivity contribution in [1.82, 2.24) is 10.6 Å². The molecule has 1 amide bonds. The molecular weight excluding hydrogens is 430 g/mol. The standard InChI is InChI=1S/C27H29N3O2S/c1-16(2)15-32-23-14-13-21(19-10-6-7-11-20(19)23)25-24(18(4)28-27(33)30-25)26(31)29-22-12-8-5-9-17(22)3/h5-14,16,25H,15H2,1-4H3,(H,29,31)(H2,28,30,33)/t25-/m0/s1. The van der Waals surface area contributed by atoms with E-state index in [2.05, 4.69) is 41.9 Å². The molecule has 0 aromatic heterocycles. The maximum absolute atomic E-state index is 13.5. The highest BCUT2D eigenvalue weighted by molar-refractivity contribution is 7.80. The van der Waals surface area contributed by atoms with E-state index in [9.17, 15) is 4.79 Å². The summed E-state index contributed by atoms with van der Waals surface area (Å²) in [6.07, 6.45) is 0. The lowest BCUT2D eigenvalue weighted by atomic mass is 9.90. The topological polar surface area (TPSA) is 62.4 Å². The molecule has 0 saturated heterocycles. The van der Waals surface area contributed by atoms with E-state index in [1.165, 1.54) is 0 Å². The van der Waals surface area contributed by atoms with Gasteiger partial charge in [0.05, 0.1) is 18.2 Å². The van der Waals surface area contributed by atoms with E-state index in [4.69, 9.17) is 17.0 Å². The maximum Gasteiger partial charge on any atom is 0.255 e. The van der Waals surface area contributed by atoms with Gasteiger partial charge >= 0.3 is 0 Å². The third kappa shape index (κ3) is 4.86. The second-order valence-electron chi connectivity index (χ2n) is 8.74. The average Bonchev–Trinajstić information content (AvgIpc) is 2.78. The monoisotopic (exact) mass is 459 g/mol. The van der Waals surface area contributed by atoms with Crippen molar-refractivity contribution >= 4 is 39.7 Å². The van der Waals surface area contributed by atoms with E-state index in [-0.39, 0.29) is 5.91 Å². The number of allylic oxidation sites excluding steroid dienone is 1. The highest BCUT2D eigenvalue weighted by Crippen LogP contribution is 2.36. The Labute approximate surface area is 200 Å². The lowest BCUT2D eigenvalue weighted by Crippen LogP contribution is -2.45. The maximum atomic E-state index is 13.5. The van der Waals surface area contributed by atoms with E-state index in [1.807, 2.05) is 62.4 Å². The molecular formula is C27H29N3O2S. The van der Waals surface area contributed by atoms with Gasteiger partial charge < -0.3 is 20.7 Å². The summed E-state index contributed by atoms with van der Waals surface area (Å²) >= 11 is 5.46. The zero-order valence-electron chi connectivity index (χ0n) is 19.4. The number of benzene rings is 3. The molecule has 4 rings (SSSR count). The number of thiocarbonyl (C=S) groups is 1. The van der Waals surface area contributed by atoms with Gasteiger partial charge in [0.25, 0.3) is 5.91 Å². The molecule has 0 fully saturated rings. The minimum Gasteiger partial charge on any atom is -0.493 e. The van der Waals surface area contributed by atoms with Crippen LogP contribution in [0.2, 0.25) is 0 Å². The van der Waals surface area contributed by atoms with Crippen LogP contribution < -0.4 is 20.7 Å². The first kappa shape index (κ1) is 22.8. The van der Waals surface area contributed by atoms with E-state index in [0.717, 1.165) is 39.0 Å². The molecule has 5 nitrogen and oxygen atoms in total. The van der Waals surface area contributed by atoms with Gasteiger partial charge in [-0.25, -0.2) is 0 Å². The molecule has 3 aromatic rings. The zero-order chi connectivity index (χ0) is 23.5. The van der Waals surface area contributed by atoms with E-state index < -0.39 is 6.04 Å². The van der Waals surface area contributed by atoms with Gasteiger partial charge in [-0.1, -0.05) is 62.4 Å². The van der Waals surface area contributed by atoms with Gasteiger partial charge in [0.2, 0.25) is 0 Å². The first-order valence-electron chi connectivity index (χ1n) is 11.1. The van der Waals surface area contributed by atoms with Crippen molar-refractivity contribution in [2.24, 2.45) is 5.92 Å². The van der Waals surface area contributed by atoms with Crippen LogP contribution >= 0.6 is 12.2 Å². The van der Waals surface area contributed by atoms with Gasteiger partial charge in [0.15, 0.2) is 5.11 Å². The highest BCUT2D eigenvalue weighted by Gasteiger charge is 2.31. The molecule has 0 unspecified atom stereocenters. The van der Waals surface area contributed by atoms with Crippen molar-refractivity contribution in [3.63, 3.8) is 0 Å². The lowest BCUT2D eigenvalue weighted by molar-refractivity contribution is -0.113. The van der Waals surface area contributed by atoms with Gasteiger partial charge in [-0.3, -0.25) is 4.79 Å². The Morgan fingerprint density at radius 1 is 1.03 bits per heavy atom. The third-order valence-corrected chi connectivity index (χ3v) is 5.93. The predicted molar refractivity (Wildman–Crippen MR) is 138 cm³/mol. The van der Waals surface area contributed by atoms with Crippen LogP contribution in [0.25, 0.3) is 10.8 Å². The predicted octanol–water partition coefficient (Wildman–Crippen LogP) is 5.61. The number of hydrogen-bond donors (Lipinski definition) is 3. The summed E-state index contributed by atoms with van der Waals surface area (Å²) < 4.78 is 6.08. The summed E-state index contributed by atoms with van der Waals surface area (Å²) in [6, 6.07) is 19.5. The Bertz CT molecular complexity index is 1250. The number of ether oxygens (including phenoxy) is 1. The Morgan fingerprint density at radius 2 is 1.73 bits per heavy atom. The van der Waals surface area contributed by atoms with Gasteiger partial charge in [-0.05, 0) is 60.6 Å². The fraction of sp³-hybridized carbons (Fsp3) is 0.259. The van der Waals surface area contributed by atoms with Crippen LogP contribution in [0.4, 0.5) is 5.69 Å². The zero-order valence-corrected chi connectivity index (χ0v) is 20.2. The molecule has 6 heteroatoms.